The SMILES string of the molecule is CC(C)(C)OC(=O)CNC/C(N)=C/N(N)C(CC(=O)NO)Cc1ccc2ccccc2c1. The number of benzene rings is 2. The molecule has 0 aliphatic carbocycles. The third-order valence-corrected chi connectivity index (χ3v) is 4.59. The number of amides is 1. The van der Waals surface area contributed by atoms with Crippen LogP contribution in [0.1, 0.15) is 32.8 Å². The molecule has 32 heavy (non-hydrogen) atoms. The van der Waals surface area contributed by atoms with Crippen molar-refractivity contribution in [3.05, 3.63) is 59.9 Å². The van der Waals surface area contributed by atoms with E-state index in [4.69, 9.17) is 21.5 Å². The highest BCUT2D eigenvalue weighted by molar-refractivity contribution is 5.83. The van der Waals surface area contributed by atoms with Crippen LogP contribution in [0, 0.1) is 0 Å². The molecular weight excluding hydrogens is 410 g/mol. The summed E-state index contributed by atoms with van der Waals surface area (Å²) in [5.74, 6) is 5.25. The highest BCUT2D eigenvalue weighted by atomic mass is 16.6. The van der Waals surface area contributed by atoms with Gasteiger partial charge in [-0.1, -0.05) is 42.5 Å². The van der Waals surface area contributed by atoms with Crippen LogP contribution >= 0.6 is 0 Å². The van der Waals surface area contributed by atoms with E-state index in [0.717, 1.165) is 16.3 Å². The van der Waals surface area contributed by atoms with Gasteiger partial charge in [-0.05, 0) is 43.5 Å². The number of hydrazine groups is 1. The normalized spacial score (nSPS) is 13.0. The number of hydrogen-bond acceptors (Lipinski definition) is 8. The highest BCUT2D eigenvalue weighted by Gasteiger charge is 2.19. The first-order valence-electron chi connectivity index (χ1n) is 10.4. The van der Waals surface area contributed by atoms with Gasteiger partial charge in [0.05, 0.1) is 19.0 Å². The zero-order valence-corrected chi connectivity index (χ0v) is 18.8. The fourth-order valence-corrected chi connectivity index (χ4v) is 3.21. The van der Waals surface area contributed by atoms with Crippen molar-refractivity contribution in [1.29, 1.82) is 0 Å². The van der Waals surface area contributed by atoms with Gasteiger partial charge in [-0.2, -0.15) is 0 Å². The van der Waals surface area contributed by atoms with Gasteiger partial charge in [0.15, 0.2) is 0 Å². The number of ether oxygens (including phenoxy) is 1. The molecule has 1 amide bonds. The summed E-state index contributed by atoms with van der Waals surface area (Å²) in [4.78, 5) is 23.6. The topological polar surface area (TPSA) is 143 Å². The van der Waals surface area contributed by atoms with Crippen LogP contribution in [0.2, 0.25) is 0 Å². The molecule has 0 heterocycles. The van der Waals surface area contributed by atoms with Crippen LogP contribution in [-0.2, 0) is 20.7 Å². The first-order valence-corrected chi connectivity index (χ1v) is 10.4. The minimum absolute atomic E-state index is 0.00379. The van der Waals surface area contributed by atoms with Crippen LogP contribution in [0.15, 0.2) is 54.4 Å². The second-order valence-electron chi connectivity index (χ2n) is 8.62. The summed E-state index contributed by atoms with van der Waals surface area (Å²) in [7, 11) is 0. The summed E-state index contributed by atoms with van der Waals surface area (Å²) in [6.45, 7) is 5.60. The molecule has 0 saturated carbocycles. The van der Waals surface area contributed by atoms with Crippen molar-refractivity contribution < 1.29 is 19.5 Å². The number of carbonyl (C=O) groups excluding carboxylic acids is 2. The Kier molecular flexibility index (Phi) is 9.01. The minimum atomic E-state index is -0.558. The largest absolute Gasteiger partial charge is 0.459 e. The van der Waals surface area contributed by atoms with Gasteiger partial charge in [0, 0.05) is 18.4 Å². The van der Waals surface area contributed by atoms with Crippen LogP contribution in [0.5, 0.6) is 0 Å². The molecule has 1 atom stereocenters. The third kappa shape index (κ3) is 8.54. The van der Waals surface area contributed by atoms with Crippen molar-refractivity contribution in [2.45, 2.75) is 45.3 Å². The van der Waals surface area contributed by atoms with Crippen molar-refractivity contribution in [2.75, 3.05) is 13.1 Å². The second kappa shape index (κ2) is 11.5. The monoisotopic (exact) mass is 443 g/mol. The average Bonchev–Trinajstić information content (AvgIpc) is 2.71. The predicted octanol–water partition coefficient (Wildman–Crippen LogP) is 1.55. The Morgan fingerprint density at radius 1 is 1.16 bits per heavy atom. The Bertz CT molecular complexity index is 955. The Balaban J connectivity index is 2.03. The van der Waals surface area contributed by atoms with Crippen LogP contribution in [-0.4, -0.2) is 46.8 Å². The molecule has 0 radical (unpaired) electrons. The number of rotatable bonds is 10. The Morgan fingerprint density at radius 3 is 2.50 bits per heavy atom. The molecule has 0 fully saturated rings. The van der Waals surface area contributed by atoms with E-state index in [-0.39, 0.29) is 25.5 Å². The van der Waals surface area contributed by atoms with E-state index < -0.39 is 17.6 Å². The quantitative estimate of drug-likeness (QED) is 0.161. The van der Waals surface area contributed by atoms with E-state index in [1.54, 1.807) is 26.3 Å². The number of hydrogen-bond donors (Lipinski definition) is 5. The maximum atomic E-state index is 11.8. The van der Waals surface area contributed by atoms with Gasteiger partial charge in [0.1, 0.15) is 5.60 Å². The Morgan fingerprint density at radius 2 is 1.84 bits per heavy atom. The second-order valence-corrected chi connectivity index (χ2v) is 8.62. The van der Waals surface area contributed by atoms with E-state index in [1.807, 2.05) is 42.5 Å². The summed E-state index contributed by atoms with van der Waals surface area (Å²) >= 11 is 0. The standard InChI is InChI=1S/C23H33N5O4/c1-23(2,3)32-22(30)14-26-13-19(24)15-28(25)20(12-21(29)27-31)11-16-8-9-17-6-4-5-7-18(17)10-16/h4-10,15,20,26,31H,11-14,24-25H2,1-3H3,(H,27,29)/b19-15-. The predicted molar refractivity (Wildman–Crippen MR) is 123 cm³/mol. The first-order chi connectivity index (χ1) is 15.1. The number of nitrogens with zero attached hydrogens (tertiary/aromatic N) is 1. The maximum Gasteiger partial charge on any atom is 0.320 e. The first kappa shape index (κ1) is 25.1. The van der Waals surface area contributed by atoms with Gasteiger partial charge in [-0.15, -0.1) is 0 Å². The summed E-state index contributed by atoms with van der Waals surface area (Å²) in [6, 6.07) is 13.6. The molecule has 9 heteroatoms. The van der Waals surface area contributed by atoms with Crippen molar-refractivity contribution in [1.82, 2.24) is 15.8 Å². The smallest absolute Gasteiger partial charge is 0.320 e. The lowest BCUT2D eigenvalue weighted by atomic mass is 9.99. The Hall–Kier alpha value is -3.14. The van der Waals surface area contributed by atoms with E-state index in [9.17, 15) is 9.59 Å². The number of fused-ring (bicyclic) bond motifs is 1. The molecule has 9 nitrogen and oxygen atoms in total. The minimum Gasteiger partial charge on any atom is -0.459 e. The number of hydroxylamine groups is 1. The van der Waals surface area contributed by atoms with E-state index in [1.165, 1.54) is 11.2 Å². The van der Waals surface area contributed by atoms with Crippen LogP contribution in [0.4, 0.5) is 0 Å². The fourth-order valence-electron chi connectivity index (χ4n) is 3.21. The molecule has 2 aromatic carbocycles. The Labute approximate surface area is 188 Å². The van der Waals surface area contributed by atoms with Crippen molar-refractivity contribution in [3.8, 4) is 0 Å². The lowest BCUT2D eigenvalue weighted by Crippen LogP contribution is -2.42. The number of nitrogens with two attached hydrogens (primary N) is 2. The molecule has 0 aliphatic rings. The van der Waals surface area contributed by atoms with Gasteiger partial charge in [-0.3, -0.25) is 14.8 Å². The number of carbonyl (C=O) groups is 2. The molecule has 0 aromatic heterocycles. The van der Waals surface area contributed by atoms with Crippen LogP contribution in [0.3, 0.4) is 0 Å². The zero-order chi connectivity index (χ0) is 23.7. The van der Waals surface area contributed by atoms with E-state index in [2.05, 4.69) is 5.32 Å². The summed E-state index contributed by atoms with van der Waals surface area (Å²) in [6.07, 6.45) is 1.94. The molecule has 7 N–H and O–H groups in total. The summed E-state index contributed by atoms with van der Waals surface area (Å²) < 4.78 is 5.23. The number of esters is 1. The molecule has 0 aliphatic heterocycles. The molecular formula is C23H33N5O4. The molecule has 174 valence electrons. The molecule has 1 unspecified atom stereocenters. The van der Waals surface area contributed by atoms with Gasteiger partial charge < -0.3 is 20.8 Å². The molecule has 2 rings (SSSR count). The molecule has 2 aromatic rings. The van der Waals surface area contributed by atoms with Gasteiger partial charge in [-0.25, -0.2) is 11.3 Å². The van der Waals surface area contributed by atoms with E-state index >= 15 is 0 Å². The fraction of sp³-hybridized carbons (Fsp3) is 0.391. The molecule has 0 spiro atoms. The molecule has 0 bridgehead atoms. The van der Waals surface area contributed by atoms with Gasteiger partial charge in [0.2, 0.25) is 5.91 Å². The van der Waals surface area contributed by atoms with Gasteiger partial charge in [0.25, 0.3) is 0 Å². The van der Waals surface area contributed by atoms with Crippen molar-refractivity contribution in [2.24, 2.45) is 11.6 Å². The summed E-state index contributed by atoms with van der Waals surface area (Å²) in [5, 5.41) is 15.4. The van der Waals surface area contributed by atoms with Crippen LogP contribution in [0.25, 0.3) is 10.8 Å². The van der Waals surface area contributed by atoms with Crippen molar-refractivity contribution in [3.63, 3.8) is 0 Å². The lowest BCUT2D eigenvalue weighted by Gasteiger charge is -2.26. The zero-order valence-electron chi connectivity index (χ0n) is 18.8. The van der Waals surface area contributed by atoms with Gasteiger partial charge >= 0.3 is 5.97 Å². The van der Waals surface area contributed by atoms with Crippen LogP contribution < -0.4 is 22.4 Å². The number of nitrogens with one attached hydrogen (secondary N) is 2. The maximum absolute atomic E-state index is 11.8. The third-order valence-electron chi connectivity index (χ3n) is 4.59. The average molecular weight is 444 g/mol. The van der Waals surface area contributed by atoms with E-state index in [0.29, 0.717) is 12.1 Å². The lowest BCUT2D eigenvalue weighted by molar-refractivity contribution is -0.153. The molecule has 0 saturated heterocycles. The van der Waals surface area contributed by atoms with Crippen molar-refractivity contribution >= 4 is 22.6 Å². The highest BCUT2D eigenvalue weighted by Crippen LogP contribution is 2.18. The summed E-state index contributed by atoms with van der Waals surface area (Å²) in [5.41, 5.74) is 8.49.